The monoisotopic (exact) mass is 532 g/mol. The molecule has 6 rings (SSSR count). The van der Waals surface area contributed by atoms with Gasteiger partial charge in [-0.1, -0.05) is 30.3 Å². The Morgan fingerprint density at radius 2 is 1.88 bits per heavy atom. The number of carbonyl (C=O) groups excluding carboxylic acids is 1. The van der Waals surface area contributed by atoms with Gasteiger partial charge in [0.1, 0.15) is 18.0 Å². The van der Waals surface area contributed by atoms with Crippen LogP contribution in [0.1, 0.15) is 16.8 Å². The number of H-pyrrole nitrogens is 1. The Morgan fingerprint density at radius 1 is 1.07 bits per heavy atom. The molecule has 200 valence electrons. The number of aryl methyl sites for hydroxylation is 1. The Hall–Kier alpha value is -5.01. The fourth-order valence-electron chi connectivity index (χ4n) is 5.24. The summed E-state index contributed by atoms with van der Waals surface area (Å²) in [5.41, 5.74) is 6.64. The zero-order chi connectivity index (χ0) is 27.6. The highest BCUT2D eigenvalue weighted by Crippen LogP contribution is 2.33. The first kappa shape index (κ1) is 25.3. The summed E-state index contributed by atoms with van der Waals surface area (Å²) in [7, 11) is 0. The van der Waals surface area contributed by atoms with E-state index in [-0.39, 0.29) is 5.91 Å². The van der Waals surface area contributed by atoms with Crippen molar-refractivity contribution >= 4 is 17.2 Å². The number of amides is 1. The number of aliphatic hydroxyl groups excluding tert-OH is 1. The van der Waals surface area contributed by atoms with Gasteiger partial charge in [0.05, 0.1) is 23.0 Å². The lowest BCUT2D eigenvalue weighted by Crippen LogP contribution is -2.52. The minimum Gasteiger partial charge on any atom is -0.383 e. The van der Waals surface area contributed by atoms with Crippen LogP contribution in [-0.4, -0.2) is 73.0 Å². The molecule has 2 N–H and O–H groups in total. The van der Waals surface area contributed by atoms with Gasteiger partial charge in [0.15, 0.2) is 0 Å². The number of nitriles is 1. The van der Waals surface area contributed by atoms with E-state index in [1.54, 1.807) is 15.6 Å². The zero-order valence-electron chi connectivity index (χ0n) is 22.0. The van der Waals surface area contributed by atoms with Crippen LogP contribution < -0.4 is 4.90 Å². The number of rotatable bonds is 6. The van der Waals surface area contributed by atoms with E-state index in [1.165, 1.54) is 0 Å². The molecule has 1 saturated heterocycles. The lowest BCUT2D eigenvalue weighted by molar-refractivity contribution is -0.140. The first-order chi connectivity index (χ1) is 19.5. The average Bonchev–Trinajstić information content (AvgIpc) is 3.62. The number of aromatic nitrogens is 5. The van der Waals surface area contributed by atoms with Gasteiger partial charge in [-0.05, 0) is 30.7 Å². The first-order valence-electron chi connectivity index (χ1n) is 13.2. The van der Waals surface area contributed by atoms with Gasteiger partial charge in [-0.2, -0.15) is 15.5 Å². The molecule has 0 bridgehead atoms. The number of aromatic amines is 1. The lowest BCUT2D eigenvalue weighted by atomic mass is 10.0. The summed E-state index contributed by atoms with van der Waals surface area (Å²) in [5, 5.41) is 31.7. The standard InChI is InChI=1S/C30H28N8O2/c1-20-26(18-33-35-20)23-14-25(29-24(15-31)17-34-38(29)19-23)22-7-8-28(32-16-22)36-9-11-37(12-10-36)30(40)27(39)13-21-5-3-2-4-6-21/h2-8,14,16-19,27,39H,9-13H2,1H3,(H,33,35)/t27-/m0/s1. The van der Waals surface area contributed by atoms with Gasteiger partial charge in [-0.3, -0.25) is 9.89 Å². The number of anilines is 1. The Bertz CT molecular complexity index is 1690. The number of benzene rings is 1. The Kier molecular flexibility index (Phi) is 6.72. The number of hydrogen-bond acceptors (Lipinski definition) is 7. The molecule has 0 saturated carbocycles. The molecule has 10 nitrogen and oxygen atoms in total. The third-order valence-corrected chi connectivity index (χ3v) is 7.41. The van der Waals surface area contributed by atoms with Gasteiger partial charge in [-0.15, -0.1) is 0 Å². The van der Waals surface area contributed by atoms with E-state index in [1.807, 2.05) is 74.0 Å². The van der Waals surface area contributed by atoms with Crippen LogP contribution in [0.15, 0.2) is 73.3 Å². The maximum absolute atomic E-state index is 12.8. The van der Waals surface area contributed by atoms with E-state index in [0.717, 1.165) is 44.8 Å². The van der Waals surface area contributed by atoms with Crippen molar-refractivity contribution in [2.45, 2.75) is 19.4 Å². The third-order valence-electron chi connectivity index (χ3n) is 7.41. The van der Waals surface area contributed by atoms with Crippen LogP contribution in [-0.2, 0) is 11.2 Å². The van der Waals surface area contributed by atoms with E-state index in [2.05, 4.69) is 26.3 Å². The van der Waals surface area contributed by atoms with E-state index >= 15 is 0 Å². The fraction of sp³-hybridized carbons (Fsp3) is 0.233. The smallest absolute Gasteiger partial charge is 0.251 e. The Morgan fingerprint density at radius 3 is 2.55 bits per heavy atom. The van der Waals surface area contributed by atoms with Crippen molar-refractivity contribution in [2.75, 3.05) is 31.1 Å². The van der Waals surface area contributed by atoms with E-state index < -0.39 is 6.10 Å². The van der Waals surface area contributed by atoms with Gasteiger partial charge in [-0.25, -0.2) is 9.50 Å². The number of hydrogen-bond donors (Lipinski definition) is 2. The van der Waals surface area contributed by atoms with Crippen molar-refractivity contribution in [3.63, 3.8) is 0 Å². The number of carbonyl (C=O) groups is 1. The van der Waals surface area contributed by atoms with Crippen molar-refractivity contribution < 1.29 is 9.90 Å². The third kappa shape index (κ3) is 4.79. The highest BCUT2D eigenvalue weighted by atomic mass is 16.3. The van der Waals surface area contributed by atoms with E-state index in [4.69, 9.17) is 4.98 Å². The Labute approximate surface area is 231 Å². The predicted molar refractivity (Wildman–Crippen MR) is 150 cm³/mol. The normalized spacial score (nSPS) is 14.3. The minimum absolute atomic E-state index is 0.238. The van der Waals surface area contributed by atoms with Gasteiger partial charge in [0.2, 0.25) is 0 Å². The summed E-state index contributed by atoms with van der Waals surface area (Å²) < 4.78 is 1.73. The maximum Gasteiger partial charge on any atom is 0.251 e. The molecule has 5 heterocycles. The molecule has 10 heteroatoms. The quantitative estimate of drug-likeness (QED) is 0.344. The molecule has 1 aromatic carbocycles. The number of pyridine rings is 2. The van der Waals surface area contributed by atoms with Crippen molar-refractivity contribution in [1.29, 1.82) is 5.26 Å². The molecule has 0 aliphatic carbocycles. The molecule has 1 aliphatic rings. The van der Waals surface area contributed by atoms with Crippen LogP contribution in [0.4, 0.5) is 5.82 Å². The maximum atomic E-state index is 12.8. The topological polar surface area (TPSA) is 126 Å². The van der Waals surface area contributed by atoms with E-state index in [0.29, 0.717) is 38.2 Å². The van der Waals surface area contributed by atoms with Crippen molar-refractivity contribution in [3.8, 4) is 28.3 Å². The molecule has 0 unspecified atom stereocenters. The number of nitrogens with zero attached hydrogens (tertiary/aromatic N) is 7. The summed E-state index contributed by atoms with van der Waals surface area (Å²) in [5.74, 6) is 0.574. The molecular weight excluding hydrogens is 504 g/mol. The predicted octanol–water partition coefficient (Wildman–Crippen LogP) is 3.22. The van der Waals surface area contributed by atoms with Crippen LogP contribution in [0, 0.1) is 18.3 Å². The van der Waals surface area contributed by atoms with Crippen molar-refractivity contribution in [1.82, 2.24) is 29.7 Å². The van der Waals surface area contributed by atoms with Gasteiger partial charge < -0.3 is 14.9 Å². The summed E-state index contributed by atoms with van der Waals surface area (Å²) in [4.78, 5) is 21.4. The van der Waals surface area contributed by atoms with Crippen LogP contribution in [0.2, 0.25) is 0 Å². The van der Waals surface area contributed by atoms with Crippen LogP contribution in [0.5, 0.6) is 0 Å². The Balaban J connectivity index is 1.19. The summed E-state index contributed by atoms with van der Waals surface area (Å²) in [6, 6.07) is 17.8. The first-order valence-corrected chi connectivity index (χ1v) is 13.2. The fourth-order valence-corrected chi connectivity index (χ4v) is 5.24. The van der Waals surface area contributed by atoms with Crippen molar-refractivity contribution in [3.05, 3.63) is 90.1 Å². The van der Waals surface area contributed by atoms with Gasteiger partial charge in [0, 0.05) is 73.4 Å². The molecular formula is C30H28N8O2. The molecule has 1 fully saturated rings. The highest BCUT2D eigenvalue weighted by Gasteiger charge is 2.27. The summed E-state index contributed by atoms with van der Waals surface area (Å²) in [6.07, 6.45) is 6.39. The largest absolute Gasteiger partial charge is 0.383 e. The highest BCUT2D eigenvalue weighted by molar-refractivity contribution is 5.88. The second kappa shape index (κ2) is 10.6. The van der Waals surface area contributed by atoms with E-state index in [9.17, 15) is 15.2 Å². The van der Waals surface area contributed by atoms with Crippen LogP contribution >= 0.6 is 0 Å². The second-order valence-electron chi connectivity index (χ2n) is 9.91. The SMILES string of the molecule is Cc1n[nH]cc1-c1cc(-c2ccc(N3CCN(C(=O)[C@@H](O)Cc4ccccc4)CC3)nc2)c2c(C#N)cnn2c1. The summed E-state index contributed by atoms with van der Waals surface area (Å²) >= 11 is 0. The minimum atomic E-state index is -1.05. The molecule has 40 heavy (non-hydrogen) atoms. The molecule has 0 spiro atoms. The second-order valence-corrected chi connectivity index (χ2v) is 9.91. The average molecular weight is 533 g/mol. The summed E-state index contributed by atoms with van der Waals surface area (Å²) in [6.45, 7) is 4.21. The molecule has 1 atom stereocenters. The molecule has 1 amide bonds. The number of nitrogens with one attached hydrogen (secondary N) is 1. The number of aliphatic hydroxyl groups is 1. The lowest BCUT2D eigenvalue weighted by Gasteiger charge is -2.36. The van der Waals surface area contributed by atoms with Crippen molar-refractivity contribution in [2.24, 2.45) is 0 Å². The molecule has 0 radical (unpaired) electrons. The molecule has 1 aliphatic heterocycles. The number of piperazine rings is 1. The zero-order valence-corrected chi connectivity index (χ0v) is 22.0. The molecule has 4 aromatic heterocycles. The molecule has 5 aromatic rings. The van der Waals surface area contributed by atoms with Gasteiger partial charge in [0.25, 0.3) is 5.91 Å². The van der Waals surface area contributed by atoms with Crippen LogP contribution in [0.3, 0.4) is 0 Å². The van der Waals surface area contributed by atoms with Crippen LogP contribution in [0.25, 0.3) is 27.8 Å². The number of fused-ring (bicyclic) bond motifs is 1. The van der Waals surface area contributed by atoms with Gasteiger partial charge >= 0.3 is 0 Å².